The van der Waals surface area contributed by atoms with Gasteiger partial charge in [0.25, 0.3) is 0 Å². The summed E-state index contributed by atoms with van der Waals surface area (Å²) in [6, 6.07) is 0. The smallest absolute Gasteiger partial charge is 0.0238 e. The van der Waals surface area contributed by atoms with Gasteiger partial charge < -0.3 is 0 Å². The Hall–Kier alpha value is 0. The van der Waals surface area contributed by atoms with Gasteiger partial charge in [-0.15, -0.1) is 0 Å². The second kappa shape index (κ2) is 4.70. The molecule has 0 amide bonds. The second-order valence-electron chi connectivity index (χ2n) is 6.86. The van der Waals surface area contributed by atoms with Gasteiger partial charge in [0.1, 0.15) is 0 Å². The SMILES string of the molecule is CCCC(CC)C1(C2CC2CC(C)C)CC1. The number of hydrogen-bond donors (Lipinski definition) is 0. The summed E-state index contributed by atoms with van der Waals surface area (Å²) in [5, 5.41) is 0. The summed E-state index contributed by atoms with van der Waals surface area (Å²) in [6.45, 7) is 9.55. The van der Waals surface area contributed by atoms with Crippen LogP contribution in [0.5, 0.6) is 0 Å². The molecule has 0 aromatic heterocycles. The van der Waals surface area contributed by atoms with Crippen molar-refractivity contribution >= 4 is 0 Å². The van der Waals surface area contributed by atoms with Gasteiger partial charge in [0.2, 0.25) is 0 Å². The van der Waals surface area contributed by atoms with Crippen molar-refractivity contribution in [3.05, 3.63) is 0 Å². The van der Waals surface area contributed by atoms with E-state index in [4.69, 9.17) is 0 Å². The largest absolute Gasteiger partial charge is 0.0654 e. The van der Waals surface area contributed by atoms with Crippen molar-refractivity contribution in [3.63, 3.8) is 0 Å². The fraction of sp³-hybridized carbons (Fsp3) is 1.00. The van der Waals surface area contributed by atoms with Gasteiger partial charge >= 0.3 is 0 Å². The Morgan fingerprint density at radius 2 is 1.88 bits per heavy atom. The maximum atomic E-state index is 2.42. The molecule has 2 aliphatic carbocycles. The maximum Gasteiger partial charge on any atom is -0.0238 e. The Morgan fingerprint density at radius 1 is 1.19 bits per heavy atom. The first kappa shape index (κ1) is 12.5. The van der Waals surface area contributed by atoms with E-state index in [2.05, 4.69) is 27.7 Å². The van der Waals surface area contributed by atoms with E-state index in [1.165, 1.54) is 25.7 Å². The first-order valence-electron chi connectivity index (χ1n) is 7.64. The van der Waals surface area contributed by atoms with Gasteiger partial charge in [0.05, 0.1) is 0 Å². The van der Waals surface area contributed by atoms with Crippen LogP contribution in [0.1, 0.15) is 72.6 Å². The third kappa shape index (κ3) is 2.31. The highest BCUT2D eigenvalue weighted by atomic mass is 14.7. The molecule has 0 spiro atoms. The van der Waals surface area contributed by atoms with Crippen LogP contribution in [0.25, 0.3) is 0 Å². The lowest BCUT2D eigenvalue weighted by Crippen LogP contribution is -2.19. The molecule has 0 heterocycles. The molecule has 2 saturated carbocycles. The molecule has 3 unspecified atom stereocenters. The van der Waals surface area contributed by atoms with E-state index < -0.39 is 0 Å². The van der Waals surface area contributed by atoms with Crippen molar-refractivity contribution in [1.82, 2.24) is 0 Å². The molecule has 0 bridgehead atoms. The van der Waals surface area contributed by atoms with Crippen molar-refractivity contribution in [2.45, 2.75) is 72.6 Å². The van der Waals surface area contributed by atoms with Gasteiger partial charge in [0.15, 0.2) is 0 Å². The van der Waals surface area contributed by atoms with Crippen LogP contribution in [0.15, 0.2) is 0 Å². The molecule has 0 saturated heterocycles. The normalized spacial score (nSPS) is 32.8. The standard InChI is InChI=1S/C16H30/c1-5-7-14(6-2)16(8-9-16)15-11-13(15)10-12(3)4/h12-15H,5-11H2,1-4H3. The molecule has 16 heavy (non-hydrogen) atoms. The zero-order chi connectivity index (χ0) is 11.8. The molecule has 3 atom stereocenters. The van der Waals surface area contributed by atoms with Crippen LogP contribution in [-0.4, -0.2) is 0 Å². The van der Waals surface area contributed by atoms with E-state index in [1.807, 2.05) is 0 Å². The Balaban J connectivity index is 1.89. The van der Waals surface area contributed by atoms with Crippen molar-refractivity contribution in [3.8, 4) is 0 Å². The number of rotatable bonds is 7. The van der Waals surface area contributed by atoms with Crippen LogP contribution < -0.4 is 0 Å². The lowest BCUT2D eigenvalue weighted by Gasteiger charge is -2.26. The summed E-state index contributed by atoms with van der Waals surface area (Å²) in [5.74, 6) is 4.21. The van der Waals surface area contributed by atoms with E-state index in [0.29, 0.717) is 0 Å². The fourth-order valence-electron chi connectivity index (χ4n) is 4.29. The maximum absolute atomic E-state index is 2.42. The van der Waals surface area contributed by atoms with Crippen LogP contribution in [0.3, 0.4) is 0 Å². The topological polar surface area (TPSA) is 0 Å². The third-order valence-electron chi connectivity index (χ3n) is 5.21. The van der Waals surface area contributed by atoms with Crippen molar-refractivity contribution in [2.75, 3.05) is 0 Å². The van der Waals surface area contributed by atoms with Crippen LogP contribution in [0.4, 0.5) is 0 Å². The van der Waals surface area contributed by atoms with E-state index >= 15 is 0 Å². The Labute approximate surface area is 102 Å². The van der Waals surface area contributed by atoms with Gasteiger partial charge in [0, 0.05) is 0 Å². The molecular weight excluding hydrogens is 192 g/mol. The Bertz CT molecular complexity index is 224. The zero-order valence-corrected chi connectivity index (χ0v) is 11.8. The van der Waals surface area contributed by atoms with Crippen molar-refractivity contribution in [2.24, 2.45) is 29.1 Å². The van der Waals surface area contributed by atoms with Crippen LogP contribution in [0, 0.1) is 29.1 Å². The molecule has 0 nitrogen and oxygen atoms in total. The summed E-state index contributed by atoms with van der Waals surface area (Å²) in [4.78, 5) is 0. The lowest BCUT2D eigenvalue weighted by molar-refractivity contribution is 0.228. The number of hydrogen-bond acceptors (Lipinski definition) is 0. The van der Waals surface area contributed by atoms with Gasteiger partial charge in [-0.3, -0.25) is 0 Å². The summed E-state index contributed by atoms with van der Waals surface area (Å²) >= 11 is 0. The minimum absolute atomic E-state index is 0.838. The average molecular weight is 222 g/mol. The molecule has 0 aromatic carbocycles. The van der Waals surface area contributed by atoms with Gasteiger partial charge in [-0.25, -0.2) is 0 Å². The molecule has 0 aromatic rings. The molecule has 2 aliphatic rings. The van der Waals surface area contributed by atoms with Gasteiger partial charge in [-0.05, 0) is 54.8 Å². The van der Waals surface area contributed by atoms with Crippen LogP contribution >= 0.6 is 0 Å². The predicted octanol–water partition coefficient (Wildman–Crippen LogP) is 5.28. The highest BCUT2D eigenvalue weighted by Gasteiger charge is 2.61. The van der Waals surface area contributed by atoms with E-state index in [0.717, 1.165) is 29.1 Å². The summed E-state index contributed by atoms with van der Waals surface area (Å²) in [6.07, 6.45) is 10.5. The molecule has 2 fully saturated rings. The van der Waals surface area contributed by atoms with E-state index in [9.17, 15) is 0 Å². The highest BCUT2D eigenvalue weighted by Crippen LogP contribution is 2.70. The molecule has 0 aliphatic heterocycles. The average Bonchev–Trinajstić information content (AvgIpc) is 3.07. The molecule has 0 heteroatoms. The Kier molecular flexibility index (Phi) is 3.66. The fourth-order valence-corrected chi connectivity index (χ4v) is 4.29. The van der Waals surface area contributed by atoms with Crippen molar-refractivity contribution < 1.29 is 0 Å². The van der Waals surface area contributed by atoms with E-state index in [-0.39, 0.29) is 0 Å². The lowest BCUT2D eigenvalue weighted by atomic mass is 9.79. The molecule has 94 valence electrons. The van der Waals surface area contributed by atoms with Gasteiger partial charge in [-0.2, -0.15) is 0 Å². The third-order valence-corrected chi connectivity index (χ3v) is 5.21. The molecule has 0 N–H and O–H groups in total. The van der Waals surface area contributed by atoms with Gasteiger partial charge in [-0.1, -0.05) is 47.0 Å². The minimum atomic E-state index is 0.838. The van der Waals surface area contributed by atoms with Crippen LogP contribution in [0.2, 0.25) is 0 Å². The Morgan fingerprint density at radius 3 is 2.31 bits per heavy atom. The summed E-state index contributed by atoms with van der Waals surface area (Å²) in [5.41, 5.74) is 0.838. The summed E-state index contributed by atoms with van der Waals surface area (Å²) < 4.78 is 0. The molecular formula is C16H30. The zero-order valence-electron chi connectivity index (χ0n) is 11.8. The highest BCUT2D eigenvalue weighted by molar-refractivity contribution is 5.10. The predicted molar refractivity (Wildman–Crippen MR) is 71.4 cm³/mol. The van der Waals surface area contributed by atoms with Crippen LogP contribution in [-0.2, 0) is 0 Å². The first-order valence-corrected chi connectivity index (χ1v) is 7.64. The summed E-state index contributed by atoms with van der Waals surface area (Å²) in [7, 11) is 0. The van der Waals surface area contributed by atoms with E-state index in [1.54, 1.807) is 19.3 Å². The minimum Gasteiger partial charge on any atom is -0.0654 e. The molecule has 2 rings (SSSR count). The second-order valence-corrected chi connectivity index (χ2v) is 6.86. The van der Waals surface area contributed by atoms with Crippen molar-refractivity contribution in [1.29, 1.82) is 0 Å². The first-order chi connectivity index (χ1) is 7.64. The molecule has 0 radical (unpaired) electrons. The monoisotopic (exact) mass is 222 g/mol. The quantitative estimate of drug-likeness (QED) is 0.550.